The van der Waals surface area contributed by atoms with Crippen LogP contribution in [0.2, 0.25) is 0 Å². The average Bonchev–Trinajstić information content (AvgIpc) is 2.04. The minimum absolute atomic E-state index is 0.497. The molecule has 0 spiro atoms. The van der Waals surface area contributed by atoms with E-state index in [1.165, 1.54) is 0 Å². The molecular formula is C8H7IN2. The Kier molecular flexibility index (Phi) is 2.85. The van der Waals surface area contributed by atoms with Crippen LogP contribution in [0.25, 0.3) is 0 Å². The minimum atomic E-state index is -0.497. The quantitative estimate of drug-likeness (QED) is 0.781. The Hall–Kier alpha value is -0.600. The van der Waals surface area contributed by atoms with E-state index >= 15 is 0 Å². The molecule has 1 aromatic carbocycles. The molecule has 2 nitrogen and oxygen atoms in total. The Morgan fingerprint density at radius 3 is 2.64 bits per heavy atom. The number of nitriles is 1. The summed E-state index contributed by atoms with van der Waals surface area (Å²) in [5.41, 5.74) is 6.43. The molecule has 0 aliphatic rings. The molecule has 1 rings (SSSR count). The Morgan fingerprint density at radius 1 is 1.45 bits per heavy atom. The zero-order valence-electron chi connectivity index (χ0n) is 5.79. The Labute approximate surface area is 79.2 Å². The summed E-state index contributed by atoms with van der Waals surface area (Å²) < 4.78 is 1.04. The molecule has 0 radical (unpaired) electrons. The number of halogens is 1. The molecule has 0 saturated carbocycles. The second-order valence-electron chi connectivity index (χ2n) is 2.13. The molecule has 1 unspecified atom stereocenters. The highest BCUT2D eigenvalue weighted by atomic mass is 127. The fourth-order valence-electron chi connectivity index (χ4n) is 0.797. The van der Waals surface area contributed by atoms with Crippen molar-refractivity contribution in [3.63, 3.8) is 0 Å². The van der Waals surface area contributed by atoms with Crippen LogP contribution in [0.4, 0.5) is 0 Å². The topological polar surface area (TPSA) is 49.8 Å². The highest BCUT2D eigenvalue weighted by Gasteiger charge is 2.05. The smallest absolute Gasteiger partial charge is 0.119 e. The number of benzene rings is 1. The maximum absolute atomic E-state index is 8.53. The van der Waals surface area contributed by atoms with E-state index in [1.807, 2.05) is 30.3 Å². The summed E-state index contributed by atoms with van der Waals surface area (Å²) in [5.74, 6) is 0. The van der Waals surface area contributed by atoms with E-state index in [4.69, 9.17) is 11.0 Å². The fourth-order valence-corrected chi connectivity index (χ4v) is 1.52. The highest BCUT2D eigenvalue weighted by molar-refractivity contribution is 14.1. The first-order valence-corrected chi connectivity index (χ1v) is 4.23. The predicted octanol–water partition coefficient (Wildman–Crippen LogP) is 1.81. The third-order valence-corrected chi connectivity index (χ3v) is 2.36. The molecule has 11 heavy (non-hydrogen) atoms. The average molecular weight is 258 g/mol. The van der Waals surface area contributed by atoms with Crippen molar-refractivity contribution in [3.8, 4) is 6.07 Å². The lowest BCUT2D eigenvalue weighted by atomic mass is 10.1. The zero-order chi connectivity index (χ0) is 8.27. The normalized spacial score (nSPS) is 12.1. The van der Waals surface area contributed by atoms with Gasteiger partial charge in [-0.25, -0.2) is 0 Å². The van der Waals surface area contributed by atoms with Gasteiger partial charge < -0.3 is 5.73 Å². The van der Waals surface area contributed by atoms with Gasteiger partial charge in [-0.2, -0.15) is 5.26 Å². The van der Waals surface area contributed by atoms with Crippen molar-refractivity contribution in [1.29, 1.82) is 5.26 Å². The fraction of sp³-hybridized carbons (Fsp3) is 0.125. The summed E-state index contributed by atoms with van der Waals surface area (Å²) in [6, 6.07) is 9.12. The number of nitrogens with two attached hydrogens (primary N) is 1. The van der Waals surface area contributed by atoms with Gasteiger partial charge in [-0.15, -0.1) is 0 Å². The first-order valence-electron chi connectivity index (χ1n) is 3.15. The third-order valence-electron chi connectivity index (χ3n) is 1.38. The summed E-state index contributed by atoms with van der Waals surface area (Å²) in [7, 11) is 0. The van der Waals surface area contributed by atoms with Crippen molar-refractivity contribution in [1.82, 2.24) is 0 Å². The summed E-state index contributed by atoms with van der Waals surface area (Å²) >= 11 is 2.17. The molecule has 2 N–H and O–H groups in total. The summed E-state index contributed by atoms with van der Waals surface area (Å²) in [4.78, 5) is 0. The van der Waals surface area contributed by atoms with Crippen LogP contribution in [-0.4, -0.2) is 0 Å². The number of hydrogen-bond donors (Lipinski definition) is 1. The Bertz CT molecular complexity index is 290. The number of nitrogens with zero attached hydrogens (tertiary/aromatic N) is 1. The van der Waals surface area contributed by atoms with Crippen LogP contribution in [0, 0.1) is 14.9 Å². The van der Waals surface area contributed by atoms with Crippen molar-refractivity contribution in [2.75, 3.05) is 0 Å². The number of hydrogen-bond acceptors (Lipinski definition) is 2. The predicted molar refractivity (Wildman–Crippen MR) is 51.7 cm³/mol. The van der Waals surface area contributed by atoms with Gasteiger partial charge in [-0.3, -0.25) is 0 Å². The summed E-state index contributed by atoms with van der Waals surface area (Å²) in [6.07, 6.45) is 0. The van der Waals surface area contributed by atoms with E-state index in [0.717, 1.165) is 9.13 Å². The standard InChI is InChI=1S/C8H7IN2/c9-7-4-2-1-3-6(7)8(11)5-10/h1-4,8H,11H2. The molecule has 1 aromatic rings. The summed E-state index contributed by atoms with van der Waals surface area (Å²) in [6.45, 7) is 0. The molecule has 1 atom stereocenters. The van der Waals surface area contributed by atoms with Gasteiger partial charge >= 0.3 is 0 Å². The first kappa shape index (κ1) is 8.50. The molecule has 0 bridgehead atoms. The van der Waals surface area contributed by atoms with Crippen LogP contribution in [-0.2, 0) is 0 Å². The monoisotopic (exact) mass is 258 g/mol. The van der Waals surface area contributed by atoms with Gasteiger partial charge in [0.15, 0.2) is 0 Å². The van der Waals surface area contributed by atoms with Gasteiger partial charge in [0.2, 0.25) is 0 Å². The van der Waals surface area contributed by atoms with Crippen molar-refractivity contribution in [2.45, 2.75) is 6.04 Å². The SMILES string of the molecule is N#CC(N)c1ccccc1I. The second kappa shape index (κ2) is 3.69. The van der Waals surface area contributed by atoms with E-state index in [2.05, 4.69) is 22.6 Å². The second-order valence-corrected chi connectivity index (χ2v) is 3.29. The summed E-state index contributed by atoms with van der Waals surface area (Å²) in [5, 5.41) is 8.53. The highest BCUT2D eigenvalue weighted by Crippen LogP contribution is 2.16. The first-order chi connectivity index (χ1) is 5.25. The molecule has 0 heterocycles. The molecule has 0 fully saturated rings. The van der Waals surface area contributed by atoms with Crippen molar-refractivity contribution in [2.24, 2.45) is 5.73 Å². The Balaban J connectivity index is 3.05. The van der Waals surface area contributed by atoms with Crippen LogP contribution in [0.3, 0.4) is 0 Å². The molecule has 3 heteroatoms. The van der Waals surface area contributed by atoms with E-state index in [0.29, 0.717) is 0 Å². The minimum Gasteiger partial charge on any atom is -0.312 e. The van der Waals surface area contributed by atoms with Gasteiger partial charge in [-0.1, -0.05) is 18.2 Å². The van der Waals surface area contributed by atoms with Gasteiger partial charge in [0.25, 0.3) is 0 Å². The van der Waals surface area contributed by atoms with Gasteiger partial charge in [0.05, 0.1) is 6.07 Å². The molecule has 0 saturated heterocycles. The van der Waals surface area contributed by atoms with E-state index in [-0.39, 0.29) is 0 Å². The van der Waals surface area contributed by atoms with Gasteiger partial charge in [-0.05, 0) is 34.2 Å². The Morgan fingerprint density at radius 2 is 2.09 bits per heavy atom. The maximum Gasteiger partial charge on any atom is 0.119 e. The van der Waals surface area contributed by atoms with Gasteiger partial charge in [0.1, 0.15) is 6.04 Å². The van der Waals surface area contributed by atoms with Crippen LogP contribution in [0.1, 0.15) is 11.6 Å². The molecule has 0 aliphatic carbocycles. The molecular weight excluding hydrogens is 251 g/mol. The van der Waals surface area contributed by atoms with Crippen LogP contribution >= 0.6 is 22.6 Å². The van der Waals surface area contributed by atoms with Crippen molar-refractivity contribution in [3.05, 3.63) is 33.4 Å². The van der Waals surface area contributed by atoms with E-state index in [1.54, 1.807) is 0 Å². The molecule has 0 aromatic heterocycles. The molecule has 0 aliphatic heterocycles. The van der Waals surface area contributed by atoms with Crippen LogP contribution in [0.15, 0.2) is 24.3 Å². The molecule has 56 valence electrons. The lowest BCUT2D eigenvalue weighted by Gasteiger charge is -2.03. The zero-order valence-corrected chi connectivity index (χ0v) is 7.95. The van der Waals surface area contributed by atoms with Crippen LogP contribution in [0.5, 0.6) is 0 Å². The lowest BCUT2D eigenvalue weighted by molar-refractivity contribution is 0.919. The van der Waals surface area contributed by atoms with Crippen molar-refractivity contribution < 1.29 is 0 Å². The lowest BCUT2D eigenvalue weighted by Crippen LogP contribution is -2.08. The van der Waals surface area contributed by atoms with E-state index < -0.39 is 6.04 Å². The number of rotatable bonds is 1. The van der Waals surface area contributed by atoms with E-state index in [9.17, 15) is 0 Å². The van der Waals surface area contributed by atoms with Crippen molar-refractivity contribution >= 4 is 22.6 Å². The largest absolute Gasteiger partial charge is 0.312 e. The van der Waals surface area contributed by atoms with Crippen LogP contribution < -0.4 is 5.73 Å². The maximum atomic E-state index is 8.53. The van der Waals surface area contributed by atoms with Gasteiger partial charge in [0, 0.05) is 3.57 Å². The molecule has 0 amide bonds. The third kappa shape index (κ3) is 1.91.